The SMILES string of the molecule is Cc1cc(NS(=O)(=O)c2ccc3c(c2)CC(Cl)(Cl)C3=O)nn1C. The molecule has 0 bridgehead atoms. The highest BCUT2D eigenvalue weighted by Crippen LogP contribution is 2.39. The maximum atomic E-state index is 12.5. The van der Waals surface area contributed by atoms with Gasteiger partial charge in [-0.3, -0.25) is 14.2 Å². The molecule has 6 nitrogen and oxygen atoms in total. The summed E-state index contributed by atoms with van der Waals surface area (Å²) in [5.41, 5.74) is 1.68. The Labute approximate surface area is 143 Å². The van der Waals surface area contributed by atoms with Crippen LogP contribution in [-0.2, 0) is 23.5 Å². The minimum Gasteiger partial charge on any atom is -0.291 e. The minimum atomic E-state index is -3.82. The number of carbonyl (C=O) groups excluding carboxylic acids is 1. The van der Waals surface area contributed by atoms with Crippen LogP contribution in [0.2, 0.25) is 0 Å². The number of nitrogens with zero attached hydrogens (tertiary/aromatic N) is 2. The monoisotopic (exact) mass is 373 g/mol. The summed E-state index contributed by atoms with van der Waals surface area (Å²) in [7, 11) is -2.10. The second kappa shape index (κ2) is 5.22. The molecule has 1 N–H and O–H groups in total. The first-order valence-corrected chi connectivity index (χ1v) is 8.93. The van der Waals surface area contributed by atoms with Crippen LogP contribution in [0.1, 0.15) is 21.6 Å². The first-order chi connectivity index (χ1) is 10.6. The van der Waals surface area contributed by atoms with Gasteiger partial charge in [-0.25, -0.2) is 8.42 Å². The van der Waals surface area contributed by atoms with Gasteiger partial charge in [0.15, 0.2) is 15.9 Å². The Morgan fingerprint density at radius 1 is 1.30 bits per heavy atom. The predicted octanol–water partition coefficient (Wildman–Crippen LogP) is 2.44. The average Bonchev–Trinajstić information content (AvgIpc) is 2.86. The number of carbonyl (C=O) groups is 1. The Morgan fingerprint density at radius 3 is 2.61 bits per heavy atom. The van der Waals surface area contributed by atoms with E-state index in [1.54, 1.807) is 17.8 Å². The predicted molar refractivity (Wildman–Crippen MR) is 87.7 cm³/mol. The first kappa shape index (κ1) is 16.3. The first-order valence-electron chi connectivity index (χ1n) is 6.69. The van der Waals surface area contributed by atoms with E-state index in [1.165, 1.54) is 18.2 Å². The van der Waals surface area contributed by atoms with Crippen LogP contribution in [0.3, 0.4) is 0 Å². The lowest BCUT2D eigenvalue weighted by Gasteiger charge is -2.07. The summed E-state index contributed by atoms with van der Waals surface area (Å²) in [6.45, 7) is 1.81. The lowest BCUT2D eigenvalue weighted by molar-refractivity contribution is 0.0985. The largest absolute Gasteiger partial charge is 0.291 e. The number of benzene rings is 1. The topological polar surface area (TPSA) is 81.1 Å². The summed E-state index contributed by atoms with van der Waals surface area (Å²) in [5.74, 6) is -0.182. The van der Waals surface area contributed by atoms with E-state index in [2.05, 4.69) is 9.82 Å². The van der Waals surface area contributed by atoms with E-state index in [0.29, 0.717) is 11.1 Å². The van der Waals surface area contributed by atoms with Gasteiger partial charge in [0.25, 0.3) is 10.0 Å². The van der Waals surface area contributed by atoms with Gasteiger partial charge in [-0.05, 0) is 30.7 Å². The van der Waals surface area contributed by atoms with Crippen molar-refractivity contribution < 1.29 is 13.2 Å². The molecule has 0 aliphatic heterocycles. The fourth-order valence-corrected chi connectivity index (χ4v) is 3.96. The quantitative estimate of drug-likeness (QED) is 0.837. The lowest BCUT2D eigenvalue weighted by atomic mass is 10.1. The van der Waals surface area contributed by atoms with Crippen LogP contribution in [0.25, 0.3) is 0 Å². The molecule has 0 radical (unpaired) electrons. The van der Waals surface area contributed by atoms with Crippen LogP contribution in [-0.4, -0.2) is 28.3 Å². The molecule has 1 aromatic carbocycles. The number of aryl methyl sites for hydroxylation is 2. The van der Waals surface area contributed by atoms with Gasteiger partial charge in [0.1, 0.15) is 0 Å². The van der Waals surface area contributed by atoms with E-state index in [9.17, 15) is 13.2 Å². The zero-order valence-corrected chi connectivity index (χ0v) is 14.6. The van der Waals surface area contributed by atoms with Crippen molar-refractivity contribution in [1.82, 2.24) is 9.78 Å². The molecule has 0 fully saturated rings. The van der Waals surface area contributed by atoms with Gasteiger partial charge in [-0.1, -0.05) is 23.2 Å². The number of nitrogens with one attached hydrogen (secondary N) is 1. The fraction of sp³-hybridized carbons (Fsp3) is 0.286. The Hall–Kier alpha value is -1.57. The van der Waals surface area contributed by atoms with Crippen LogP contribution in [0.4, 0.5) is 5.82 Å². The third kappa shape index (κ3) is 2.84. The minimum absolute atomic E-state index is 0.0263. The lowest BCUT2D eigenvalue weighted by Crippen LogP contribution is -2.20. The Morgan fingerprint density at radius 2 is 2.00 bits per heavy atom. The van der Waals surface area contributed by atoms with Gasteiger partial charge >= 0.3 is 0 Å². The van der Waals surface area contributed by atoms with Gasteiger partial charge in [0.05, 0.1) is 4.90 Å². The van der Waals surface area contributed by atoms with Gasteiger partial charge in [-0.15, -0.1) is 0 Å². The van der Waals surface area contributed by atoms with Crippen LogP contribution in [0, 0.1) is 6.92 Å². The molecule has 1 aromatic heterocycles. The van der Waals surface area contributed by atoms with E-state index >= 15 is 0 Å². The maximum Gasteiger partial charge on any atom is 0.263 e. The van der Waals surface area contributed by atoms with Crippen LogP contribution in [0.15, 0.2) is 29.2 Å². The van der Waals surface area contributed by atoms with Gasteiger partial charge in [0.2, 0.25) is 0 Å². The standard InChI is InChI=1S/C14H13Cl2N3O3S/c1-8-5-12(17-19(8)2)18-23(21,22)10-3-4-11-9(6-10)7-14(15,16)13(11)20/h3-6H,7H2,1-2H3,(H,17,18). The Bertz CT molecular complexity index is 900. The van der Waals surface area contributed by atoms with E-state index in [-0.39, 0.29) is 17.1 Å². The van der Waals surface area contributed by atoms with Crippen molar-refractivity contribution in [2.75, 3.05) is 4.72 Å². The number of fused-ring (bicyclic) bond motifs is 1. The maximum absolute atomic E-state index is 12.5. The van der Waals surface area contributed by atoms with Crippen LogP contribution < -0.4 is 4.72 Å². The number of hydrogen-bond acceptors (Lipinski definition) is 4. The third-order valence-electron chi connectivity index (χ3n) is 3.73. The molecule has 0 atom stereocenters. The number of ketones is 1. The van der Waals surface area contributed by atoms with Crippen LogP contribution in [0.5, 0.6) is 0 Å². The molecule has 23 heavy (non-hydrogen) atoms. The van der Waals surface area contributed by atoms with Crippen LogP contribution >= 0.6 is 23.2 Å². The summed E-state index contributed by atoms with van der Waals surface area (Å²) in [6, 6.07) is 5.82. The van der Waals surface area contributed by atoms with Gasteiger partial charge in [-0.2, -0.15) is 5.10 Å². The van der Waals surface area contributed by atoms with E-state index in [1.807, 2.05) is 6.92 Å². The van der Waals surface area contributed by atoms with Crippen molar-refractivity contribution in [3.05, 3.63) is 41.1 Å². The summed E-state index contributed by atoms with van der Waals surface area (Å²) in [4.78, 5) is 12.0. The number of sulfonamides is 1. The van der Waals surface area contributed by atoms with Crippen molar-refractivity contribution in [3.8, 4) is 0 Å². The molecule has 0 saturated heterocycles. The molecular formula is C14H13Cl2N3O3S. The summed E-state index contributed by atoms with van der Waals surface area (Å²) < 4.78 is 27.3. The number of anilines is 1. The number of hydrogen-bond donors (Lipinski definition) is 1. The highest BCUT2D eigenvalue weighted by molar-refractivity contribution is 7.92. The third-order valence-corrected chi connectivity index (χ3v) is 5.69. The van der Waals surface area contributed by atoms with Crippen molar-refractivity contribution in [2.45, 2.75) is 22.6 Å². The summed E-state index contributed by atoms with van der Waals surface area (Å²) in [6.07, 6.45) is 0.0797. The molecule has 0 unspecified atom stereocenters. The van der Waals surface area contributed by atoms with E-state index < -0.39 is 20.1 Å². The molecule has 0 saturated carbocycles. The molecule has 1 aliphatic carbocycles. The number of halogens is 2. The zero-order valence-electron chi connectivity index (χ0n) is 12.3. The molecule has 0 amide bonds. The molecule has 1 heterocycles. The molecule has 9 heteroatoms. The molecule has 1 aliphatic rings. The fourth-order valence-electron chi connectivity index (χ4n) is 2.43. The highest BCUT2D eigenvalue weighted by atomic mass is 35.5. The van der Waals surface area contributed by atoms with Crippen molar-refractivity contribution in [1.29, 1.82) is 0 Å². The van der Waals surface area contributed by atoms with Crippen molar-refractivity contribution in [3.63, 3.8) is 0 Å². The zero-order chi connectivity index (χ0) is 17.0. The molecule has 2 aromatic rings. The average molecular weight is 374 g/mol. The van der Waals surface area contributed by atoms with E-state index in [0.717, 1.165) is 5.69 Å². The second-order valence-electron chi connectivity index (χ2n) is 5.43. The summed E-state index contributed by atoms with van der Waals surface area (Å²) in [5, 5.41) is 4.06. The second-order valence-corrected chi connectivity index (χ2v) is 8.60. The number of aromatic nitrogens is 2. The number of alkyl halides is 2. The van der Waals surface area contributed by atoms with Gasteiger partial charge < -0.3 is 0 Å². The molecule has 3 rings (SSSR count). The number of Topliss-reactive ketones (excluding diaryl/α,β-unsaturated/α-hetero) is 1. The molecular weight excluding hydrogens is 361 g/mol. The van der Waals surface area contributed by atoms with Crippen molar-refractivity contribution >= 4 is 44.8 Å². The Balaban J connectivity index is 1.95. The van der Waals surface area contributed by atoms with Gasteiger partial charge in [0, 0.05) is 30.8 Å². The smallest absolute Gasteiger partial charge is 0.263 e. The highest BCUT2D eigenvalue weighted by Gasteiger charge is 2.42. The molecule has 122 valence electrons. The Kier molecular flexibility index (Phi) is 3.70. The van der Waals surface area contributed by atoms with Crippen molar-refractivity contribution in [2.24, 2.45) is 7.05 Å². The number of rotatable bonds is 3. The normalized spacial score (nSPS) is 16.4. The molecule has 0 spiro atoms. The van der Waals surface area contributed by atoms with E-state index in [4.69, 9.17) is 23.2 Å². The summed E-state index contributed by atoms with van der Waals surface area (Å²) >= 11 is 11.9.